The van der Waals surface area contributed by atoms with E-state index in [1.165, 1.54) is 6.07 Å². The van der Waals surface area contributed by atoms with Crippen molar-refractivity contribution in [3.05, 3.63) is 53.5 Å². The van der Waals surface area contributed by atoms with Crippen LogP contribution in [0.5, 0.6) is 5.75 Å². The van der Waals surface area contributed by atoms with E-state index in [1.54, 1.807) is 37.3 Å². The minimum atomic E-state index is -1.12. The van der Waals surface area contributed by atoms with Crippen LogP contribution in [0, 0.1) is 0 Å². The second-order valence-corrected chi connectivity index (χ2v) is 3.95. The maximum atomic E-state index is 10.7. The predicted molar refractivity (Wildman–Crippen MR) is 66.5 cm³/mol. The zero-order valence-electron chi connectivity index (χ0n) is 10.2. The molecule has 0 bridgehead atoms. The first-order valence-corrected chi connectivity index (χ1v) is 5.65. The summed E-state index contributed by atoms with van der Waals surface area (Å²) in [5.41, 5.74) is 0.561. The summed E-state index contributed by atoms with van der Waals surface area (Å²) in [6, 6.07) is 9.56. The monoisotopic (exact) mass is 260 g/mol. The fraction of sp³-hybridized carbons (Fsp3) is 0.143. The van der Waals surface area contributed by atoms with Gasteiger partial charge in [-0.25, -0.2) is 4.79 Å². The Balaban J connectivity index is 2.08. The van der Waals surface area contributed by atoms with Crippen molar-refractivity contribution in [2.24, 2.45) is 0 Å². The lowest BCUT2D eigenvalue weighted by Gasteiger charge is -2.12. The van der Waals surface area contributed by atoms with Crippen molar-refractivity contribution in [3.63, 3.8) is 0 Å². The van der Waals surface area contributed by atoms with E-state index in [9.17, 15) is 9.59 Å². The highest BCUT2D eigenvalue weighted by atomic mass is 16.5. The molecular weight excluding hydrogens is 248 g/mol. The van der Waals surface area contributed by atoms with E-state index in [-0.39, 0.29) is 5.76 Å². The largest absolute Gasteiger partial charge is 0.483 e. The minimum Gasteiger partial charge on any atom is -0.483 e. The van der Waals surface area contributed by atoms with E-state index in [2.05, 4.69) is 0 Å². The average molecular weight is 260 g/mol. The number of aldehydes is 1. The van der Waals surface area contributed by atoms with Gasteiger partial charge in [0.25, 0.3) is 0 Å². The van der Waals surface area contributed by atoms with Crippen molar-refractivity contribution in [2.75, 3.05) is 0 Å². The topological polar surface area (TPSA) is 76.7 Å². The molecule has 1 aromatic carbocycles. The van der Waals surface area contributed by atoms with Crippen molar-refractivity contribution in [3.8, 4) is 5.75 Å². The first-order valence-electron chi connectivity index (χ1n) is 5.65. The van der Waals surface area contributed by atoms with Crippen LogP contribution < -0.4 is 4.74 Å². The normalized spacial score (nSPS) is 11.8. The summed E-state index contributed by atoms with van der Waals surface area (Å²) >= 11 is 0. The molecule has 0 amide bonds. The molecule has 19 heavy (non-hydrogen) atoms. The van der Waals surface area contributed by atoms with Crippen molar-refractivity contribution in [1.29, 1.82) is 0 Å². The Morgan fingerprint density at radius 2 is 1.95 bits per heavy atom. The van der Waals surface area contributed by atoms with Gasteiger partial charge in [0.1, 0.15) is 17.8 Å². The maximum Gasteiger partial charge on any atom is 0.371 e. The number of benzene rings is 1. The summed E-state index contributed by atoms with van der Waals surface area (Å²) in [4.78, 5) is 21.2. The Morgan fingerprint density at radius 1 is 1.26 bits per heavy atom. The Bertz CT molecular complexity index is 582. The second-order valence-electron chi connectivity index (χ2n) is 3.95. The van der Waals surface area contributed by atoms with E-state index in [1.807, 2.05) is 0 Å². The molecule has 0 fully saturated rings. The van der Waals surface area contributed by atoms with Crippen molar-refractivity contribution in [1.82, 2.24) is 0 Å². The van der Waals surface area contributed by atoms with Gasteiger partial charge in [0.2, 0.25) is 5.76 Å². The number of ether oxygens (including phenoxy) is 1. The number of carbonyl (C=O) groups excluding carboxylic acids is 1. The number of rotatable bonds is 5. The quantitative estimate of drug-likeness (QED) is 0.836. The van der Waals surface area contributed by atoms with Crippen LogP contribution in [0.25, 0.3) is 0 Å². The summed E-state index contributed by atoms with van der Waals surface area (Å²) in [5, 5.41) is 8.76. The second kappa shape index (κ2) is 5.39. The van der Waals surface area contributed by atoms with Gasteiger partial charge in [0.05, 0.1) is 0 Å². The van der Waals surface area contributed by atoms with Crippen molar-refractivity contribution in [2.45, 2.75) is 13.0 Å². The molecule has 0 aliphatic rings. The summed E-state index contributed by atoms with van der Waals surface area (Å²) in [6.45, 7) is 1.75. The lowest BCUT2D eigenvalue weighted by molar-refractivity contribution is 0.0655. The summed E-state index contributed by atoms with van der Waals surface area (Å²) in [6.07, 6.45) is 0.328. The molecule has 2 aromatic rings. The highest BCUT2D eigenvalue weighted by Crippen LogP contribution is 2.23. The SMILES string of the molecule is CC(Oc1ccc(C=O)cc1)c1ccc(C(=O)O)o1. The summed E-state index contributed by atoms with van der Waals surface area (Å²) in [5.74, 6) is -0.237. The first-order chi connectivity index (χ1) is 9.10. The number of hydrogen-bond donors (Lipinski definition) is 1. The molecular formula is C14H12O5. The number of hydrogen-bond acceptors (Lipinski definition) is 4. The number of carbonyl (C=O) groups is 2. The summed E-state index contributed by atoms with van der Waals surface area (Å²) in [7, 11) is 0. The zero-order valence-corrected chi connectivity index (χ0v) is 10.2. The molecule has 0 aliphatic heterocycles. The molecule has 1 aromatic heterocycles. The van der Waals surface area contributed by atoms with E-state index < -0.39 is 12.1 Å². The predicted octanol–water partition coefficient (Wildman–Crippen LogP) is 2.93. The number of furan rings is 1. The summed E-state index contributed by atoms with van der Waals surface area (Å²) < 4.78 is 10.7. The highest BCUT2D eigenvalue weighted by molar-refractivity contribution is 5.84. The third-order valence-electron chi connectivity index (χ3n) is 2.57. The van der Waals surface area contributed by atoms with Crippen LogP contribution >= 0.6 is 0 Å². The van der Waals surface area contributed by atoms with Gasteiger partial charge >= 0.3 is 5.97 Å². The molecule has 0 saturated carbocycles. The lowest BCUT2D eigenvalue weighted by atomic mass is 10.2. The molecule has 1 heterocycles. The first kappa shape index (κ1) is 12.9. The van der Waals surface area contributed by atoms with Gasteiger partial charge in [-0.2, -0.15) is 0 Å². The molecule has 0 radical (unpaired) electrons. The number of carboxylic acids is 1. The van der Waals surface area contributed by atoms with Crippen LogP contribution in [0.4, 0.5) is 0 Å². The highest BCUT2D eigenvalue weighted by Gasteiger charge is 2.15. The van der Waals surface area contributed by atoms with E-state index in [4.69, 9.17) is 14.3 Å². The van der Waals surface area contributed by atoms with Crippen LogP contribution in [-0.4, -0.2) is 17.4 Å². The fourth-order valence-corrected chi connectivity index (χ4v) is 1.57. The molecule has 0 saturated heterocycles. The van der Waals surface area contributed by atoms with Gasteiger partial charge in [-0.15, -0.1) is 0 Å². The molecule has 5 heteroatoms. The Hall–Kier alpha value is -2.56. The molecule has 1 N–H and O–H groups in total. The van der Waals surface area contributed by atoms with Gasteiger partial charge in [-0.05, 0) is 43.3 Å². The third-order valence-corrected chi connectivity index (χ3v) is 2.57. The third kappa shape index (κ3) is 3.01. The van der Waals surface area contributed by atoms with Gasteiger partial charge in [-0.3, -0.25) is 4.79 Å². The number of carboxylic acid groups (broad SMARTS) is 1. The Labute approximate surface area is 109 Å². The fourth-order valence-electron chi connectivity index (χ4n) is 1.57. The van der Waals surface area contributed by atoms with Crippen LogP contribution in [0.1, 0.15) is 39.7 Å². The Kier molecular flexibility index (Phi) is 3.66. The average Bonchev–Trinajstić information content (AvgIpc) is 2.89. The molecule has 2 rings (SSSR count). The van der Waals surface area contributed by atoms with Crippen LogP contribution in [0.15, 0.2) is 40.8 Å². The van der Waals surface area contributed by atoms with E-state index in [0.717, 1.165) is 6.29 Å². The molecule has 98 valence electrons. The van der Waals surface area contributed by atoms with E-state index in [0.29, 0.717) is 17.1 Å². The molecule has 0 spiro atoms. The molecule has 5 nitrogen and oxygen atoms in total. The van der Waals surface area contributed by atoms with Crippen molar-refractivity contribution >= 4 is 12.3 Å². The zero-order chi connectivity index (χ0) is 13.8. The molecule has 1 atom stereocenters. The van der Waals surface area contributed by atoms with Gasteiger partial charge in [-0.1, -0.05) is 0 Å². The van der Waals surface area contributed by atoms with E-state index >= 15 is 0 Å². The van der Waals surface area contributed by atoms with Gasteiger partial charge in [0.15, 0.2) is 6.10 Å². The van der Waals surface area contributed by atoms with Gasteiger partial charge in [0, 0.05) is 5.56 Å². The molecule has 0 aliphatic carbocycles. The van der Waals surface area contributed by atoms with Crippen LogP contribution in [0.2, 0.25) is 0 Å². The maximum absolute atomic E-state index is 10.7. The lowest BCUT2D eigenvalue weighted by Crippen LogP contribution is -2.02. The van der Waals surface area contributed by atoms with Gasteiger partial charge < -0.3 is 14.3 Å². The minimum absolute atomic E-state index is 0.123. The number of aromatic carboxylic acids is 1. The van der Waals surface area contributed by atoms with Crippen LogP contribution in [-0.2, 0) is 0 Å². The smallest absolute Gasteiger partial charge is 0.371 e. The van der Waals surface area contributed by atoms with Crippen molar-refractivity contribution < 1.29 is 23.8 Å². The standard InChI is InChI=1S/C14H12O5/c1-9(12-6-7-13(19-12)14(16)17)18-11-4-2-10(8-15)3-5-11/h2-9H,1H3,(H,16,17). The van der Waals surface area contributed by atoms with Crippen LogP contribution in [0.3, 0.4) is 0 Å². The molecule has 1 unspecified atom stereocenters. The Morgan fingerprint density at radius 3 is 2.47 bits per heavy atom.